The monoisotopic (exact) mass is 132 g/mol. The lowest BCUT2D eigenvalue weighted by atomic mass is 11.9. The maximum Gasteiger partial charge on any atom is 0.0148 e. The van der Waals surface area contributed by atoms with Crippen LogP contribution in [0.3, 0.4) is 0 Å². The van der Waals surface area contributed by atoms with Crippen molar-refractivity contribution < 1.29 is 9.69 Å². The predicted octanol–water partition coefficient (Wildman–Crippen LogP) is -0.408. The van der Waals surface area contributed by atoms with Gasteiger partial charge in [0.05, 0.1) is 0 Å². The Bertz CT molecular complexity index is 34.5. The van der Waals surface area contributed by atoms with Crippen LogP contribution in [0.5, 0.6) is 0 Å². The van der Waals surface area contributed by atoms with Crippen molar-refractivity contribution in [3.63, 3.8) is 0 Å². The fraction of sp³-hybridized carbons (Fsp3) is 1.00. The van der Waals surface area contributed by atoms with Crippen molar-refractivity contribution in [3.05, 3.63) is 0 Å². The van der Waals surface area contributed by atoms with Gasteiger partial charge in [0.25, 0.3) is 0 Å². The first kappa shape index (κ1) is 16.1. The van der Waals surface area contributed by atoms with E-state index in [1.165, 1.54) is 0 Å². The maximum atomic E-state index is 9.56. The Labute approximate surface area is 46.1 Å². The van der Waals surface area contributed by atoms with Gasteiger partial charge in [0, 0.05) is 23.3 Å². The molecule has 0 aromatic heterocycles. The lowest BCUT2D eigenvalue weighted by Gasteiger charge is -1.60. The van der Waals surface area contributed by atoms with Crippen LogP contribution < -0.4 is 0 Å². The van der Waals surface area contributed by atoms with Crippen molar-refractivity contribution in [1.82, 2.24) is 0 Å². The van der Waals surface area contributed by atoms with Crippen LogP contribution in [-0.2, 0) is 10.8 Å². The standard InChI is InChI=1S/C2H6OS.ClH.H2O/c1-4(2)3;;/h1-2H3;1H;1H2. The van der Waals surface area contributed by atoms with Crippen molar-refractivity contribution in [1.29, 1.82) is 0 Å². The second-order valence-electron chi connectivity index (χ2n) is 0.742. The summed E-state index contributed by atoms with van der Waals surface area (Å²) in [4.78, 5) is 0. The van der Waals surface area contributed by atoms with Crippen LogP contribution in [0.2, 0.25) is 0 Å². The summed E-state index contributed by atoms with van der Waals surface area (Å²) in [6.45, 7) is 0. The topological polar surface area (TPSA) is 48.6 Å². The average Bonchev–Trinajstić information content (AvgIpc) is 0.811. The van der Waals surface area contributed by atoms with E-state index in [4.69, 9.17) is 0 Å². The van der Waals surface area contributed by atoms with Crippen molar-refractivity contribution >= 4 is 23.2 Å². The van der Waals surface area contributed by atoms with Crippen molar-refractivity contribution in [2.45, 2.75) is 0 Å². The van der Waals surface area contributed by atoms with Gasteiger partial charge in [-0.15, -0.1) is 12.4 Å². The fourth-order valence-electron chi connectivity index (χ4n) is 0. The summed E-state index contributed by atoms with van der Waals surface area (Å²) < 4.78 is 9.56. The highest BCUT2D eigenvalue weighted by Gasteiger charge is 1.57. The van der Waals surface area contributed by atoms with Gasteiger partial charge in [-0.2, -0.15) is 0 Å². The van der Waals surface area contributed by atoms with E-state index in [-0.39, 0.29) is 17.9 Å². The smallest absolute Gasteiger partial charge is 0.0148 e. The summed E-state index contributed by atoms with van der Waals surface area (Å²) in [5, 5.41) is 0. The van der Waals surface area contributed by atoms with Crippen molar-refractivity contribution in [2.24, 2.45) is 0 Å². The minimum atomic E-state index is -0.611. The molecule has 0 aliphatic heterocycles. The van der Waals surface area contributed by atoms with Gasteiger partial charge in [0.1, 0.15) is 0 Å². The summed E-state index contributed by atoms with van der Waals surface area (Å²) in [6.07, 6.45) is 3.28. The molecule has 0 atom stereocenters. The van der Waals surface area contributed by atoms with E-state index < -0.39 is 10.8 Å². The molecule has 0 radical (unpaired) electrons. The molecule has 0 saturated heterocycles. The normalized spacial score (nSPS) is 5.83. The molecule has 2 nitrogen and oxygen atoms in total. The van der Waals surface area contributed by atoms with Crippen LogP contribution in [0.4, 0.5) is 0 Å². The van der Waals surface area contributed by atoms with Crippen LogP contribution in [-0.4, -0.2) is 22.2 Å². The molecular weight excluding hydrogens is 124 g/mol. The summed E-state index contributed by atoms with van der Waals surface area (Å²) >= 11 is 0. The second-order valence-corrected chi connectivity index (χ2v) is 2.22. The Kier molecular flexibility index (Phi) is 24.3. The molecule has 0 rings (SSSR count). The van der Waals surface area contributed by atoms with E-state index in [9.17, 15) is 4.21 Å². The zero-order valence-corrected chi connectivity index (χ0v) is 5.36. The van der Waals surface area contributed by atoms with Gasteiger partial charge in [0.2, 0.25) is 0 Å². The molecule has 6 heavy (non-hydrogen) atoms. The summed E-state index contributed by atoms with van der Waals surface area (Å²) in [5.41, 5.74) is 0. The van der Waals surface area contributed by atoms with Crippen LogP contribution in [0.15, 0.2) is 0 Å². The largest absolute Gasteiger partial charge is 0.412 e. The van der Waals surface area contributed by atoms with E-state index in [0.29, 0.717) is 0 Å². The Hall–Kier alpha value is 0.400. The minimum absolute atomic E-state index is 0. The molecule has 0 aliphatic carbocycles. The third kappa shape index (κ3) is 318. The Morgan fingerprint density at radius 1 is 1.33 bits per heavy atom. The van der Waals surface area contributed by atoms with Gasteiger partial charge in [-0.05, 0) is 0 Å². The van der Waals surface area contributed by atoms with Gasteiger partial charge in [0.15, 0.2) is 0 Å². The summed E-state index contributed by atoms with van der Waals surface area (Å²) in [5.74, 6) is 0. The van der Waals surface area contributed by atoms with Gasteiger partial charge in [-0.3, -0.25) is 4.21 Å². The third-order valence-electron chi connectivity index (χ3n) is 0. The first-order valence-corrected chi connectivity index (χ1v) is 2.95. The minimum Gasteiger partial charge on any atom is -0.412 e. The van der Waals surface area contributed by atoms with E-state index in [1.54, 1.807) is 12.5 Å². The van der Waals surface area contributed by atoms with Gasteiger partial charge >= 0.3 is 0 Å². The Morgan fingerprint density at radius 3 is 1.33 bits per heavy atom. The molecular formula is C2H9ClO2S. The molecule has 0 heterocycles. The second kappa shape index (κ2) is 9.04. The molecule has 0 aromatic rings. The lowest BCUT2D eigenvalue weighted by molar-refractivity contribution is 0.690. The molecule has 0 unspecified atom stereocenters. The highest BCUT2D eigenvalue weighted by molar-refractivity contribution is 7.83. The van der Waals surface area contributed by atoms with E-state index in [1.807, 2.05) is 0 Å². The zero-order chi connectivity index (χ0) is 3.58. The molecule has 0 bridgehead atoms. The van der Waals surface area contributed by atoms with E-state index in [2.05, 4.69) is 0 Å². The number of hydrogen-bond donors (Lipinski definition) is 0. The molecule has 2 N–H and O–H groups in total. The number of halogens is 1. The lowest BCUT2D eigenvalue weighted by Crippen LogP contribution is -1.70. The van der Waals surface area contributed by atoms with Crippen LogP contribution >= 0.6 is 12.4 Å². The fourth-order valence-corrected chi connectivity index (χ4v) is 0. The van der Waals surface area contributed by atoms with E-state index >= 15 is 0 Å². The van der Waals surface area contributed by atoms with Crippen LogP contribution in [0, 0.1) is 0 Å². The first-order valence-electron chi connectivity index (χ1n) is 0.983. The van der Waals surface area contributed by atoms with E-state index in [0.717, 1.165) is 0 Å². The first-order chi connectivity index (χ1) is 1.73. The van der Waals surface area contributed by atoms with Crippen molar-refractivity contribution in [3.8, 4) is 0 Å². The highest BCUT2D eigenvalue weighted by Crippen LogP contribution is 1.47. The SMILES string of the molecule is CS(C)=O.Cl.O. The molecule has 0 aliphatic rings. The summed E-state index contributed by atoms with van der Waals surface area (Å²) in [7, 11) is -0.611. The number of rotatable bonds is 0. The molecule has 42 valence electrons. The molecule has 0 amide bonds. The highest BCUT2D eigenvalue weighted by atomic mass is 35.5. The number of hydrogen-bond acceptors (Lipinski definition) is 1. The molecule has 0 aromatic carbocycles. The average molecular weight is 133 g/mol. The van der Waals surface area contributed by atoms with Crippen molar-refractivity contribution in [2.75, 3.05) is 12.5 Å². The predicted molar refractivity (Wildman–Crippen MR) is 30.9 cm³/mol. The zero-order valence-electron chi connectivity index (χ0n) is 3.72. The van der Waals surface area contributed by atoms with Crippen LogP contribution in [0.1, 0.15) is 0 Å². The van der Waals surface area contributed by atoms with Crippen LogP contribution in [0.25, 0.3) is 0 Å². The maximum absolute atomic E-state index is 9.56. The quantitative estimate of drug-likeness (QED) is 0.442. The molecule has 0 spiro atoms. The Balaban J connectivity index is -0.0000000450. The third-order valence-corrected chi connectivity index (χ3v) is 0. The molecule has 0 fully saturated rings. The van der Waals surface area contributed by atoms with Gasteiger partial charge in [-0.1, -0.05) is 0 Å². The summed E-state index contributed by atoms with van der Waals surface area (Å²) in [6, 6.07) is 0. The molecule has 0 saturated carbocycles. The molecule has 4 heteroatoms. The van der Waals surface area contributed by atoms with Gasteiger partial charge in [-0.25, -0.2) is 0 Å². The Morgan fingerprint density at radius 2 is 1.33 bits per heavy atom. The van der Waals surface area contributed by atoms with Gasteiger partial charge < -0.3 is 5.48 Å².